The van der Waals surface area contributed by atoms with E-state index in [9.17, 15) is 4.79 Å². The predicted molar refractivity (Wildman–Crippen MR) is 76.2 cm³/mol. The molecule has 4 heteroatoms. The molecule has 2 saturated heterocycles. The van der Waals surface area contributed by atoms with Crippen molar-refractivity contribution in [3.8, 4) is 0 Å². The van der Waals surface area contributed by atoms with Crippen molar-refractivity contribution >= 4 is 6.03 Å². The molecule has 0 aromatic carbocycles. The molecule has 2 heterocycles. The van der Waals surface area contributed by atoms with Crippen LogP contribution in [0.15, 0.2) is 0 Å². The van der Waals surface area contributed by atoms with E-state index in [1.54, 1.807) is 0 Å². The minimum absolute atomic E-state index is 0.202. The van der Waals surface area contributed by atoms with Gasteiger partial charge in [0, 0.05) is 25.2 Å². The van der Waals surface area contributed by atoms with E-state index in [4.69, 9.17) is 0 Å². The fourth-order valence-corrected chi connectivity index (χ4v) is 3.88. The first-order valence-electron chi connectivity index (χ1n) is 8.12. The quantitative estimate of drug-likeness (QED) is 0.849. The minimum Gasteiger partial charge on any atom is -0.335 e. The number of carbonyl (C=O) groups is 1. The molecule has 1 N–H and O–H groups in total. The number of amides is 2. The number of carbonyl (C=O) groups excluding carboxylic acids is 1. The van der Waals surface area contributed by atoms with E-state index in [1.807, 2.05) is 0 Å². The Bertz CT molecular complexity index is 309. The van der Waals surface area contributed by atoms with E-state index >= 15 is 0 Å². The Kier molecular flexibility index (Phi) is 4.26. The van der Waals surface area contributed by atoms with Gasteiger partial charge in [0.05, 0.1) is 0 Å². The lowest BCUT2D eigenvalue weighted by Gasteiger charge is -2.29. The summed E-state index contributed by atoms with van der Waals surface area (Å²) in [5, 5.41) is 3.24. The van der Waals surface area contributed by atoms with E-state index in [1.165, 1.54) is 64.5 Å². The second-order valence-corrected chi connectivity index (χ2v) is 6.43. The van der Waals surface area contributed by atoms with Crippen LogP contribution in [0.5, 0.6) is 0 Å². The molecule has 0 aromatic heterocycles. The van der Waals surface area contributed by atoms with E-state index in [0.29, 0.717) is 12.1 Å². The zero-order valence-corrected chi connectivity index (χ0v) is 11.9. The van der Waals surface area contributed by atoms with Crippen molar-refractivity contribution in [1.82, 2.24) is 15.1 Å². The number of urea groups is 1. The predicted octanol–water partition coefficient (Wildman–Crippen LogP) is 2.20. The Morgan fingerprint density at radius 1 is 0.947 bits per heavy atom. The second kappa shape index (κ2) is 6.12. The van der Waals surface area contributed by atoms with Crippen LogP contribution in [0.2, 0.25) is 0 Å². The third-order valence-corrected chi connectivity index (χ3v) is 4.99. The molecule has 0 bridgehead atoms. The summed E-state index contributed by atoms with van der Waals surface area (Å²) in [7, 11) is 0. The molecule has 3 aliphatic rings. The Morgan fingerprint density at radius 3 is 2.42 bits per heavy atom. The Hall–Kier alpha value is -0.770. The van der Waals surface area contributed by atoms with Crippen molar-refractivity contribution < 1.29 is 4.79 Å². The lowest BCUT2D eigenvalue weighted by atomic mass is 10.2. The lowest BCUT2D eigenvalue weighted by Crippen LogP contribution is -2.49. The average molecular weight is 265 g/mol. The van der Waals surface area contributed by atoms with Gasteiger partial charge in [-0.3, -0.25) is 0 Å². The zero-order chi connectivity index (χ0) is 13.1. The molecule has 4 nitrogen and oxygen atoms in total. The van der Waals surface area contributed by atoms with E-state index in [-0.39, 0.29) is 6.03 Å². The highest BCUT2D eigenvalue weighted by atomic mass is 16.2. The molecule has 2 amide bonds. The van der Waals surface area contributed by atoms with Crippen LogP contribution in [0.4, 0.5) is 4.79 Å². The summed E-state index contributed by atoms with van der Waals surface area (Å²) in [6, 6.07) is 1.11. The van der Waals surface area contributed by atoms with Crippen LogP contribution >= 0.6 is 0 Å². The van der Waals surface area contributed by atoms with E-state index < -0.39 is 0 Å². The maximum Gasteiger partial charge on any atom is 0.317 e. The summed E-state index contributed by atoms with van der Waals surface area (Å²) < 4.78 is 0. The van der Waals surface area contributed by atoms with Gasteiger partial charge in [-0.2, -0.15) is 0 Å². The van der Waals surface area contributed by atoms with Gasteiger partial charge in [0.1, 0.15) is 0 Å². The first kappa shape index (κ1) is 13.2. The molecule has 0 aromatic rings. The Labute approximate surface area is 116 Å². The largest absolute Gasteiger partial charge is 0.335 e. The van der Waals surface area contributed by atoms with Gasteiger partial charge in [-0.05, 0) is 51.6 Å². The van der Waals surface area contributed by atoms with Crippen molar-refractivity contribution in [3.63, 3.8) is 0 Å². The summed E-state index contributed by atoms with van der Waals surface area (Å²) in [5.41, 5.74) is 0. The maximum atomic E-state index is 12.4. The monoisotopic (exact) mass is 265 g/mol. The van der Waals surface area contributed by atoms with Gasteiger partial charge in [0.15, 0.2) is 0 Å². The highest BCUT2D eigenvalue weighted by molar-refractivity contribution is 5.75. The van der Waals surface area contributed by atoms with Gasteiger partial charge in [-0.1, -0.05) is 12.8 Å². The van der Waals surface area contributed by atoms with E-state index in [0.717, 1.165) is 13.1 Å². The Morgan fingerprint density at radius 2 is 1.68 bits per heavy atom. The number of rotatable bonds is 3. The molecule has 0 unspecified atom stereocenters. The summed E-state index contributed by atoms with van der Waals surface area (Å²) in [6.45, 7) is 4.51. The normalized spacial score (nSPS) is 29.3. The van der Waals surface area contributed by atoms with Gasteiger partial charge in [0.2, 0.25) is 0 Å². The first-order valence-corrected chi connectivity index (χ1v) is 8.12. The van der Waals surface area contributed by atoms with Crippen LogP contribution in [0.3, 0.4) is 0 Å². The van der Waals surface area contributed by atoms with Crippen LogP contribution in [0.25, 0.3) is 0 Å². The van der Waals surface area contributed by atoms with Crippen molar-refractivity contribution in [1.29, 1.82) is 0 Å². The molecule has 19 heavy (non-hydrogen) atoms. The van der Waals surface area contributed by atoms with Gasteiger partial charge >= 0.3 is 6.03 Å². The summed E-state index contributed by atoms with van der Waals surface area (Å²) in [5.74, 6) is 0. The molecule has 1 aliphatic carbocycles. The number of hydrogen-bond donors (Lipinski definition) is 1. The van der Waals surface area contributed by atoms with Crippen molar-refractivity contribution in [3.05, 3.63) is 0 Å². The van der Waals surface area contributed by atoms with E-state index in [2.05, 4.69) is 15.1 Å². The fraction of sp³-hybridized carbons (Fsp3) is 0.933. The average Bonchev–Trinajstić information content (AvgIpc) is 3.10. The van der Waals surface area contributed by atoms with Crippen LogP contribution in [-0.2, 0) is 0 Å². The number of likely N-dealkylation sites (tertiary alicyclic amines) is 2. The topological polar surface area (TPSA) is 35.6 Å². The molecule has 2 aliphatic heterocycles. The number of nitrogens with zero attached hydrogens (tertiary/aromatic N) is 2. The molecular weight excluding hydrogens is 238 g/mol. The molecular formula is C15H27N3O. The molecule has 3 rings (SSSR count). The third-order valence-electron chi connectivity index (χ3n) is 4.99. The van der Waals surface area contributed by atoms with Gasteiger partial charge in [0.25, 0.3) is 0 Å². The van der Waals surface area contributed by atoms with Gasteiger partial charge in [-0.25, -0.2) is 4.79 Å². The van der Waals surface area contributed by atoms with Crippen molar-refractivity contribution in [2.24, 2.45) is 0 Å². The smallest absolute Gasteiger partial charge is 0.317 e. The van der Waals surface area contributed by atoms with Crippen LogP contribution in [-0.4, -0.2) is 54.1 Å². The van der Waals surface area contributed by atoms with Crippen LogP contribution in [0, 0.1) is 0 Å². The summed E-state index contributed by atoms with van der Waals surface area (Å²) >= 11 is 0. The molecule has 108 valence electrons. The molecule has 1 atom stereocenters. The standard InChI is InChI=1S/C15H27N3O/c19-15(16-13-6-1-2-7-13)18-11-5-8-14(18)12-17-9-3-4-10-17/h13-14H,1-12H2,(H,16,19)/t14-/m1/s1. The van der Waals surface area contributed by atoms with Gasteiger partial charge in [-0.15, -0.1) is 0 Å². The van der Waals surface area contributed by atoms with Crippen LogP contribution in [0.1, 0.15) is 51.4 Å². The lowest BCUT2D eigenvalue weighted by molar-refractivity contribution is 0.171. The van der Waals surface area contributed by atoms with Crippen molar-refractivity contribution in [2.75, 3.05) is 26.2 Å². The fourth-order valence-electron chi connectivity index (χ4n) is 3.88. The minimum atomic E-state index is 0.202. The SMILES string of the molecule is O=C(NC1CCCC1)N1CCC[C@@H]1CN1CCCC1. The molecule has 3 fully saturated rings. The number of nitrogens with one attached hydrogen (secondary N) is 1. The maximum absolute atomic E-state index is 12.4. The molecule has 0 radical (unpaired) electrons. The second-order valence-electron chi connectivity index (χ2n) is 6.43. The third kappa shape index (κ3) is 3.22. The Balaban J connectivity index is 1.51. The van der Waals surface area contributed by atoms with Gasteiger partial charge < -0.3 is 15.1 Å². The summed E-state index contributed by atoms with van der Waals surface area (Å²) in [6.07, 6.45) is 9.95. The zero-order valence-electron chi connectivity index (χ0n) is 11.9. The summed E-state index contributed by atoms with van der Waals surface area (Å²) in [4.78, 5) is 17.0. The molecule has 0 spiro atoms. The first-order chi connectivity index (χ1) is 9.33. The molecule has 1 saturated carbocycles. The number of hydrogen-bond acceptors (Lipinski definition) is 2. The van der Waals surface area contributed by atoms with Crippen molar-refractivity contribution in [2.45, 2.75) is 63.5 Å². The van der Waals surface area contributed by atoms with Crippen LogP contribution < -0.4 is 5.32 Å². The highest BCUT2D eigenvalue weighted by Crippen LogP contribution is 2.22. The highest BCUT2D eigenvalue weighted by Gasteiger charge is 2.32.